The Labute approximate surface area is 154 Å². The number of nitrogens with one attached hydrogen (secondary N) is 1. The lowest BCUT2D eigenvalue weighted by molar-refractivity contribution is -0.119. The van der Waals surface area contributed by atoms with Crippen LogP contribution in [-0.4, -0.2) is 73.5 Å². The topological polar surface area (TPSA) is 90.8 Å². The van der Waals surface area contributed by atoms with E-state index in [2.05, 4.69) is 17.2 Å². The lowest BCUT2D eigenvalue weighted by Gasteiger charge is -2.36. The first kappa shape index (κ1) is 18.8. The van der Waals surface area contributed by atoms with Gasteiger partial charge in [0.05, 0.1) is 24.9 Å². The summed E-state index contributed by atoms with van der Waals surface area (Å²) in [6.07, 6.45) is 2.66. The first-order valence-electron chi connectivity index (χ1n) is 9.44. The largest absolute Gasteiger partial charge is 0.389 e. The molecule has 2 N–H and O–H groups in total. The molecule has 1 amide bonds. The molecule has 0 spiro atoms. The number of aromatic nitrogens is 2. The molecule has 2 aliphatic heterocycles. The number of rotatable bonds is 8. The number of hydrogen-bond donors (Lipinski definition) is 2. The van der Waals surface area contributed by atoms with E-state index >= 15 is 0 Å². The van der Waals surface area contributed by atoms with E-state index in [-0.39, 0.29) is 24.5 Å². The van der Waals surface area contributed by atoms with Crippen LogP contribution in [0.5, 0.6) is 0 Å². The first-order chi connectivity index (χ1) is 12.6. The number of aliphatic hydroxyl groups is 1. The number of β-amino-alcohol motifs (C(OH)–C–C–N with tert-alkyl or cyclic N) is 1. The van der Waals surface area contributed by atoms with Crippen LogP contribution >= 0.6 is 0 Å². The lowest BCUT2D eigenvalue weighted by atomic mass is 10.0. The van der Waals surface area contributed by atoms with E-state index < -0.39 is 0 Å². The van der Waals surface area contributed by atoms with E-state index in [0.29, 0.717) is 32.2 Å². The summed E-state index contributed by atoms with van der Waals surface area (Å²) in [5, 5.41) is 12.5. The number of nitrogens with zero attached hydrogens (tertiary/aromatic N) is 4. The minimum absolute atomic E-state index is 0.00812. The highest BCUT2D eigenvalue weighted by Crippen LogP contribution is 2.29. The second-order valence-electron chi connectivity index (χ2n) is 7.13. The molecule has 2 saturated heterocycles. The number of likely N-dealkylation sites (N-methyl/N-ethyl adjacent to an activating group) is 1. The summed E-state index contributed by atoms with van der Waals surface area (Å²) in [4.78, 5) is 25.2. The molecule has 0 bridgehead atoms. The van der Waals surface area contributed by atoms with Gasteiger partial charge < -0.3 is 25.0 Å². The van der Waals surface area contributed by atoms with Crippen molar-refractivity contribution in [2.45, 2.75) is 38.2 Å². The molecule has 0 radical (unpaired) electrons. The van der Waals surface area contributed by atoms with Gasteiger partial charge in [-0.3, -0.25) is 4.79 Å². The second kappa shape index (κ2) is 8.64. The monoisotopic (exact) mass is 363 g/mol. The van der Waals surface area contributed by atoms with Crippen molar-refractivity contribution in [1.29, 1.82) is 0 Å². The zero-order valence-corrected chi connectivity index (χ0v) is 15.6. The van der Waals surface area contributed by atoms with Crippen LogP contribution in [0.25, 0.3) is 0 Å². The van der Waals surface area contributed by atoms with Crippen LogP contribution in [0.4, 0.5) is 11.8 Å². The molecule has 2 aliphatic rings. The van der Waals surface area contributed by atoms with Crippen molar-refractivity contribution < 1.29 is 14.6 Å². The van der Waals surface area contributed by atoms with E-state index in [0.717, 1.165) is 37.4 Å². The lowest BCUT2D eigenvalue weighted by Crippen LogP contribution is -2.51. The summed E-state index contributed by atoms with van der Waals surface area (Å²) in [6.45, 7) is 5.56. The Kier molecular flexibility index (Phi) is 6.26. The van der Waals surface area contributed by atoms with Gasteiger partial charge in [-0.1, -0.05) is 13.3 Å². The number of aliphatic hydroxyl groups excluding tert-OH is 1. The molecular formula is C18H29N5O3. The maximum absolute atomic E-state index is 12.1. The minimum atomic E-state index is -0.317. The second-order valence-corrected chi connectivity index (χ2v) is 7.13. The average Bonchev–Trinajstić information content (AvgIpc) is 3.13. The molecule has 0 saturated carbocycles. The minimum Gasteiger partial charge on any atom is -0.389 e. The van der Waals surface area contributed by atoms with Crippen molar-refractivity contribution in [3.05, 3.63) is 11.8 Å². The maximum atomic E-state index is 12.1. The van der Waals surface area contributed by atoms with Crippen molar-refractivity contribution in [3.63, 3.8) is 0 Å². The van der Waals surface area contributed by atoms with Crippen LogP contribution < -0.4 is 15.1 Å². The van der Waals surface area contributed by atoms with Gasteiger partial charge in [0.1, 0.15) is 5.82 Å². The fraction of sp³-hybridized carbons (Fsp3) is 0.722. The molecule has 2 fully saturated rings. The Morgan fingerprint density at radius 2 is 2.27 bits per heavy atom. The molecule has 26 heavy (non-hydrogen) atoms. The third-order valence-corrected chi connectivity index (χ3v) is 4.84. The molecule has 0 aromatic carbocycles. The van der Waals surface area contributed by atoms with Crippen LogP contribution in [0.3, 0.4) is 0 Å². The summed E-state index contributed by atoms with van der Waals surface area (Å²) in [5.74, 6) is 1.59. The molecule has 0 unspecified atom stereocenters. The Bertz CT molecular complexity index is 615. The van der Waals surface area contributed by atoms with Crippen molar-refractivity contribution >= 4 is 17.7 Å². The molecule has 1 aromatic rings. The zero-order chi connectivity index (χ0) is 18.5. The predicted molar refractivity (Wildman–Crippen MR) is 99.6 cm³/mol. The highest BCUT2D eigenvalue weighted by atomic mass is 16.5. The quantitative estimate of drug-likeness (QED) is 0.651. The number of unbranched alkanes of at least 4 members (excludes halogenated alkanes) is 1. The van der Waals surface area contributed by atoms with Gasteiger partial charge in [0.2, 0.25) is 11.9 Å². The molecule has 8 heteroatoms. The molecule has 8 nitrogen and oxygen atoms in total. The van der Waals surface area contributed by atoms with Crippen molar-refractivity contribution in [1.82, 2.24) is 15.3 Å². The average molecular weight is 363 g/mol. The van der Waals surface area contributed by atoms with Crippen LogP contribution in [0, 0.1) is 0 Å². The van der Waals surface area contributed by atoms with E-state index in [1.807, 2.05) is 22.9 Å². The van der Waals surface area contributed by atoms with Crippen LogP contribution in [0.2, 0.25) is 0 Å². The highest BCUT2D eigenvalue weighted by molar-refractivity contribution is 5.80. The molecule has 3 rings (SSSR count). The van der Waals surface area contributed by atoms with Gasteiger partial charge in [-0.25, -0.2) is 4.98 Å². The summed E-state index contributed by atoms with van der Waals surface area (Å²) in [5.41, 5.74) is 0.946. The number of ether oxygens (including phenoxy) is 1. The van der Waals surface area contributed by atoms with Gasteiger partial charge in [0.25, 0.3) is 0 Å². The zero-order valence-electron chi connectivity index (χ0n) is 15.6. The van der Waals surface area contributed by atoms with E-state index in [1.165, 1.54) is 0 Å². The van der Waals surface area contributed by atoms with Crippen molar-refractivity contribution in [3.8, 4) is 0 Å². The molecule has 3 heterocycles. The van der Waals surface area contributed by atoms with Gasteiger partial charge in [-0.2, -0.15) is 4.98 Å². The van der Waals surface area contributed by atoms with Gasteiger partial charge in [-0.15, -0.1) is 0 Å². The van der Waals surface area contributed by atoms with E-state index in [1.54, 1.807) is 0 Å². The van der Waals surface area contributed by atoms with Crippen molar-refractivity contribution in [2.24, 2.45) is 0 Å². The molecule has 1 atom stereocenters. The van der Waals surface area contributed by atoms with E-state index in [4.69, 9.17) is 9.72 Å². The number of hydrogen-bond acceptors (Lipinski definition) is 7. The Morgan fingerprint density at radius 3 is 2.92 bits per heavy atom. The number of carbonyl (C=O) groups is 1. The molecule has 144 valence electrons. The first-order valence-corrected chi connectivity index (χ1v) is 9.44. The molecule has 0 aliphatic carbocycles. The number of carbonyl (C=O) groups excluding carboxylic acids is 1. The van der Waals surface area contributed by atoms with Gasteiger partial charge in [-0.05, 0) is 12.8 Å². The normalized spacial score (nSPS) is 20.1. The van der Waals surface area contributed by atoms with Gasteiger partial charge >= 0.3 is 0 Å². The predicted octanol–water partition coefficient (Wildman–Crippen LogP) is 0.514. The van der Waals surface area contributed by atoms with E-state index in [9.17, 15) is 9.90 Å². The Morgan fingerprint density at radius 1 is 1.46 bits per heavy atom. The summed E-state index contributed by atoms with van der Waals surface area (Å²) in [6, 6.07) is 1.96. The molecule has 1 aromatic heterocycles. The van der Waals surface area contributed by atoms with Crippen LogP contribution in [-0.2, 0) is 9.53 Å². The fourth-order valence-electron chi connectivity index (χ4n) is 3.13. The van der Waals surface area contributed by atoms with Crippen molar-refractivity contribution in [2.75, 3.05) is 56.2 Å². The summed E-state index contributed by atoms with van der Waals surface area (Å²) >= 11 is 0. The van der Waals surface area contributed by atoms with Crippen LogP contribution in [0.1, 0.15) is 37.8 Å². The smallest absolute Gasteiger partial charge is 0.239 e. The van der Waals surface area contributed by atoms with Gasteiger partial charge in [0, 0.05) is 45.3 Å². The highest BCUT2D eigenvalue weighted by Gasteiger charge is 2.29. The third kappa shape index (κ3) is 4.62. The third-order valence-electron chi connectivity index (χ3n) is 4.84. The SMILES string of the molecule is CCCCNC(=O)CN(C)c1cc([C@@H]2CCOC2)nc(N2CC(O)C2)n1. The maximum Gasteiger partial charge on any atom is 0.239 e. The number of amides is 1. The summed E-state index contributed by atoms with van der Waals surface area (Å²) in [7, 11) is 1.87. The standard InChI is InChI=1S/C18H29N5O3/c1-3-4-6-19-17(25)11-22(2)16-8-15(13-5-7-26-12-13)20-18(21-16)23-9-14(24)10-23/h8,13-14,24H,3-7,9-12H2,1-2H3,(H,19,25)/t13-/m1/s1. The van der Waals surface area contributed by atoms with Crippen LogP contribution in [0.15, 0.2) is 6.07 Å². The Hall–Kier alpha value is -1.93. The Balaban J connectivity index is 1.72. The fourth-order valence-corrected chi connectivity index (χ4v) is 3.13. The number of anilines is 2. The molecular weight excluding hydrogens is 334 g/mol. The summed E-state index contributed by atoms with van der Waals surface area (Å²) < 4.78 is 5.50. The van der Waals surface area contributed by atoms with Gasteiger partial charge in [0.15, 0.2) is 0 Å².